The third-order valence-corrected chi connectivity index (χ3v) is 12.5. The molecule has 0 radical (unpaired) electrons. The Bertz CT molecular complexity index is 2120. The summed E-state index contributed by atoms with van der Waals surface area (Å²) in [6.07, 6.45) is 0.965. The van der Waals surface area contributed by atoms with Gasteiger partial charge in [-0.3, -0.25) is 0 Å². The molecule has 3 aliphatic rings. The second kappa shape index (κ2) is 13.4. The molecule has 49 heavy (non-hydrogen) atoms. The Balaban J connectivity index is 0.810. The first-order valence-electron chi connectivity index (χ1n) is 16.9. The number of ether oxygens (including phenoxy) is 3. The first-order valence-corrected chi connectivity index (χ1v) is 19.5. The maximum atomic E-state index is 6.60. The third-order valence-electron chi connectivity index (χ3n) is 9.61. The van der Waals surface area contributed by atoms with E-state index in [-0.39, 0.29) is 18.3 Å². The molecule has 3 aliphatic heterocycles. The number of thiophene rings is 3. The standard InChI is InChI=1S/C40H37N3O3S3/c1-41-21-35-29-12-16-47-38(29)28-8-6-24(19-34(28)46-35)10-14-42-22-36-30-13-17-48-39(30)31-18-25(7-9-33(31)44-36)20-43-23-37-40-27(11-15-49-40)26-4-2-3-5-32(26)45-37/h2-9,11-13,15-19,35-37,41-43H,10,14,20-23H2,1H3. The monoisotopic (exact) mass is 703 g/mol. The summed E-state index contributed by atoms with van der Waals surface area (Å²) in [6, 6.07) is 28.2. The summed E-state index contributed by atoms with van der Waals surface area (Å²) in [4.78, 5) is 3.93. The van der Waals surface area contributed by atoms with E-state index in [0.717, 1.165) is 56.4 Å². The fraction of sp³-hybridized carbons (Fsp3) is 0.250. The van der Waals surface area contributed by atoms with Gasteiger partial charge in [-0.1, -0.05) is 30.3 Å². The number of para-hydroxylation sites is 1. The molecule has 0 fully saturated rings. The Morgan fingerprint density at radius 2 is 1.29 bits per heavy atom. The van der Waals surface area contributed by atoms with Crippen molar-refractivity contribution in [1.29, 1.82) is 0 Å². The number of hydrogen-bond donors (Lipinski definition) is 3. The van der Waals surface area contributed by atoms with E-state index in [2.05, 4.69) is 105 Å². The Morgan fingerprint density at radius 3 is 2.16 bits per heavy atom. The van der Waals surface area contributed by atoms with Gasteiger partial charge in [-0.05, 0) is 95.8 Å². The lowest BCUT2D eigenvalue weighted by atomic mass is 9.98. The summed E-state index contributed by atoms with van der Waals surface area (Å²) in [6.45, 7) is 3.93. The second-order valence-electron chi connectivity index (χ2n) is 12.7. The number of rotatable bonds is 11. The van der Waals surface area contributed by atoms with Crippen molar-refractivity contribution >= 4 is 34.0 Å². The highest BCUT2D eigenvalue weighted by Gasteiger charge is 2.30. The van der Waals surface area contributed by atoms with Gasteiger partial charge in [0.05, 0.1) is 4.88 Å². The van der Waals surface area contributed by atoms with E-state index in [4.69, 9.17) is 14.2 Å². The van der Waals surface area contributed by atoms with Gasteiger partial charge in [-0.2, -0.15) is 0 Å². The van der Waals surface area contributed by atoms with Crippen LogP contribution in [0.3, 0.4) is 0 Å². The Kier molecular flexibility index (Phi) is 8.49. The van der Waals surface area contributed by atoms with Gasteiger partial charge in [0.2, 0.25) is 0 Å². The molecule has 0 saturated heterocycles. The van der Waals surface area contributed by atoms with Crippen LogP contribution < -0.4 is 30.2 Å². The van der Waals surface area contributed by atoms with Crippen LogP contribution in [0.1, 0.15) is 45.4 Å². The van der Waals surface area contributed by atoms with E-state index in [0.29, 0.717) is 0 Å². The molecule has 0 spiro atoms. The van der Waals surface area contributed by atoms with Gasteiger partial charge in [-0.25, -0.2) is 0 Å². The summed E-state index contributed by atoms with van der Waals surface area (Å²) < 4.78 is 19.5. The predicted molar refractivity (Wildman–Crippen MR) is 202 cm³/mol. The van der Waals surface area contributed by atoms with Gasteiger partial charge >= 0.3 is 0 Å². The predicted octanol–water partition coefficient (Wildman–Crippen LogP) is 9.01. The molecular formula is C40H37N3O3S3. The molecular weight excluding hydrogens is 667 g/mol. The highest BCUT2D eigenvalue weighted by atomic mass is 32.1. The molecule has 6 heterocycles. The number of likely N-dealkylation sites (N-methyl/N-ethyl adjacent to an activating group) is 1. The van der Waals surface area contributed by atoms with Crippen LogP contribution >= 0.6 is 34.0 Å². The van der Waals surface area contributed by atoms with Crippen LogP contribution in [-0.2, 0) is 13.0 Å². The van der Waals surface area contributed by atoms with Crippen LogP contribution in [0.4, 0.5) is 0 Å². The van der Waals surface area contributed by atoms with Crippen LogP contribution in [0.25, 0.3) is 32.0 Å². The summed E-state index contributed by atoms with van der Waals surface area (Å²) in [5.74, 6) is 2.91. The van der Waals surface area contributed by atoms with Gasteiger partial charge < -0.3 is 30.2 Å². The molecule has 6 nitrogen and oxygen atoms in total. The summed E-state index contributed by atoms with van der Waals surface area (Å²) >= 11 is 5.37. The Morgan fingerprint density at radius 1 is 0.571 bits per heavy atom. The van der Waals surface area contributed by atoms with E-state index in [1.165, 1.54) is 59.1 Å². The lowest BCUT2D eigenvalue weighted by molar-refractivity contribution is 0.199. The van der Waals surface area contributed by atoms with Gasteiger partial charge in [0.25, 0.3) is 0 Å². The number of hydrogen-bond acceptors (Lipinski definition) is 9. The normalized spacial score (nSPS) is 18.1. The van der Waals surface area contributed by atoms with E-state index in [1.54, 1.807) is 34.0 Å². The minimum atomic E-state index is -0.0181. The maximum absolute atomic E-state index is 6.60. The second-order valence-corrected chi connectivity index (χ2v) is 15.5. The van der Waals surface area contributed by atoms with E-state index >= 15 is 0 Å². The average molecular weight is 704 g/mol. The van der Waals surface area contributed by atoms with Gasteiger partial charge in [-0.15, -0.1) is 34.0 Å². The Labute approximate surface area is 298 Å². The fourth-order valence-electron chi connectivity index (χ4n) is 7.22. The highest BCUT2D eigenvalue weighted by molar-refractivity contribution is 7.14. The topological polar surface area (TPSA) is 63.8 Å². The lowest BCUT2D eigenvalue weighted by Gasteiger charge is -2.28. The molecule has 3 atom stereocenters. The van der Waals surface area contributed by atoms with Crippen LogP contribution in [0.15, 0.2) is 95.0 Å². The Hall–Kier alpha value is -3.96. The van der Waals surface area contributed by atoms with Gasteiger partial charge in [0.1, 0.15) is 35.6 Å². The van der Waals surface area contributed by atoms with Crippen molar-refractivity contribution in [2.45, 2.75) is 31.3 Å². The average Bonchev–Trinajstić information content (AvgIpc) is 3.92. The van der Waals surface area contributed by atoms with Crippen molar-refractivity contribution in [3.05, 3.63) is 122 Å². The summed E-state index contributed by atoms with van der Waals surface area (Å²) in [7, 11) is 1.98. The quantitative estimate of drug-likeness (QED) is 0.117. The van der Waals surface area contributed by atoms with Crippen molar-refractivity contribution in [1.82, 2.24) is 16.0 Å². The maximum Gasteiger partial charge on any atom is 0.146 e. The minimum Gasteiger partial charge on any atom is -0.484 e. The van der Waals surface area contributed by atoms with E-state index < -0.39 is 0 Å². The first-order chi connectivity index (χ1) is 24.2. The zero-order valence-corrected chi connectivity index (χ0v) is 29.6. The van der Waals surface area contributed by atoms with E-state index in [1.807, 2.05) is 13.1 Å². The molecule has 0 aliphatic carbocycles. The molecule has 0 saturated carbocycles. The molecule has 9 heteroatoms. The van der Waals surface area contributed by atoms with Crippen LogP contribution in [0.5, 0.6) is 17.2 Å². The zero-order chi connectivity index (χ0) is 32.7. The van der Waals surface area contributed by atoms with Crippen molar-refractivity contribution in [3.63, 3.8) is 0 Å². The first kappa shape index (κ1) is 31.1. The lowest BCUT2D eigenvalue weighted by Crippen LogP contribution is -2.28. The van der Waals surface area contributed by atoms with Gasteiger partial charge in [0.15, 0.2) is 0 Å². The number of fused-ring (bicyclic) bond motifs is 9. The van der Waals surface area contributed by atoms with Crippen molar-refractivity contribution in [3.8, 4) is 49.3 Å². The smallest absolute Gasteiger partial charge is 0.146 e. The largest absolute Gasteiger partial charge is 0.484 e. The number of nitrogens with one attached hydrogen (secondary N) is 3. The zero-order valence-electron chi connectivity index (χ0n) is 27.2. The van der Waals surface area contributed by atoms with Crippen molar-refractivity contribution < 1.29 is 14.2 Å². The molecule has 9 rings (SSSR count). The molecule has 0 amide bonds. The van der Waals surface area contributed by atoms with Crippen LogP contribution in [0, 0.1) is 0 Å². The van der Waals surface area contributed by atoms with Crippen LogP contribution in [0.2, 0.25) is 0 Å². The minimum absolute atomic E-state index is 0.00809. The highest BCUT2D eigenvalue weighted by Crippen LogP contribution is 2.48. The SMILES string of the molecule is CNCC1Oc2cc(CCNCC3Oc4ccc(CNCC5Oc6ccccc6-c6ccsc65)cc4-c4sccc43)ccc2-c2sccc21. The molecule has 3 unspecified atom stereocenters. The molecule has 3 aromatic carbocycles. The van der Waals surface area contributed by atoms with Gasteiger partial charge in [0, 0.05) is 69.3 Å². The van der Waals surface area contributed by atoms with Crippen LogP contribution in [-0.4, -0.2) is 33.2 Å². The number of benzene rings is 3. The summed E-state index contributed by atoms with van der Waals surface area (Å²) in [5.41, 5.74) is 9.93. The molecule has 6 aromatic rings. The molecule has 3 aromatic heterocycles. The fourth-order valence-corrected chi connectivity index (χ4v) is 10.1. The molecule has 3 N–H and O–H groups in total. The van der Waals surface area contributed by atoms with Crippen molar-refractivity contribution in [2.75, 3.05) is 33.2 Å². The summed E-state index contributed by atoms with van der Waals surface area (Å²) in [5, 5.41) is 17.1. The van der Waals surface area contributed by atoms with Crippen molar-refractivity contribution in [2.24, 2.45) is 0 Å². The third kappa shape index (κ3) is 5.88. The molecule has 0 bridgehead atoms. The van der Waals surface area contributed by atoms with E-state index in [9.17, 15) is 0 Å². The molecule has 248 valence electrons.